The zero-order valence-corrected chi connectivity index (χ0v) is 16.3. The van der Waals surface area contributed by atoms with Crippen molar-refractivity contribution in [3.05, 3.63) is 96.2 Å². The average Bonchev–Trinajstić information content (AvgIpc) is 2.80. The molecule has 3 aromatic carbocycles. The molecule has 5 heteroatoms. The topological polar surface area (TPSA) is 60.8 Å². The third-order valence-corrected chi connectivity index (χ3v) is 5.13. The molecule has 150 valence electrons. The number of ether oxygens (including phenoxy) is 3. The number of nitrogens with zero attached hydrogens (tertiary/aromatic N) is 1. The minimum atomic E-state index is -0.809. The minimum absolute atomic E-state index is 0.282. The first-order valence-corrected chi connectivity index (χ1v) is 9.90. The Hall–Kier alpha value is -3.57. The Labute approximate surface area is 174 Å². The van der Waals surface area contributed by atoms with E-state index < -0.39 is 12.2 Å². The van der Waals surface area contributed by atoms with Gasteiger partial charge in [0.05, 0.1) is 11.2 Å². The fraction of sp³-hybridized carbons (Fsp3) is 0.160. The average molecular weight is 399 g/mol. The molecule has 30 heavy (non-hydrogen) atoms. The lowest BCUT2D eigenvalue weighted by Gasteiger charge is -2.30. The number of benzene rings is 3. The maximum absolute atomic E-state index is 10.8. The number of hydrogen-bond acceptors (Lipinski definition) is 5. The maximum Gasteiger partial charge on any atom is 0.163 e. The van der Waals surface area contributed by atoms with Gasteiger partial charge in [-0.25, -0.2) is 4.98 Å². The van der Waals surface area contributed by atoms with Gasteiger partial charge in [-0.3, -0.25) is 0 Å². The quantitative estimate of drug-likeness (QED) is 0.528. The highest BCUT2D eigenvalue weighted by atomic mass is 16.5. The van der Waals surface area contributed by atoms with Crippen molar-refractivity contribution in [1.29, 1.82) is 0 Å². The van der Waals surface area contributed by atoms with Crippen molar-refractivity contribution in [3.63, 3.8) is 0 Å². The van der Waals surface area contributed by atoms with Crippen molar-refractivity contribution >= 4 is 10.9 Å². The molecule has 0 spiro atoms. The largest absolute Gasteiger partial charge is 0.489 e. The van der Waals surface area contributed by atoms with Crippen LogP contribution in [0, 0.1) is 0 Å². The van der Waals surface area contributed by atoms with E-state index in [1.807, 2.05) is 84.9 Å². The summed E-state index contributed by atoms with van der Waals surface area (Å²) in [5, 5.41) is 11.9. The fourth-order valence-electron chi connectivity index (χ4n) is 3.56. The van der Waals surface area contributed by atoms with Crippen LogP contribution in [0.3, 0.4) is 0 Å². The van der Waals surface area contributed by atoms with Crippen LogP contribution in [0.5, 0.6) is 17.2 Å². The minimum Gasteiger partial charge on any atom is -0.489 e. The van der Waals surface area contributed by atoms with E-state index >= 15 is 0 Å². The van der Waals surface area contributed by atoms with Gasteiger partial charge >= 0.3 is 0 Å². The van der Waals surface area contributed by atoms with Crippen molar-refractivity contribution in [2.75, 3.05) is 6.61 Å². The van der Waals surface area contributed by atoms with Crippen LogP contribution in [0.15, 0.2) is 84.9 Å². The first-order chi connectivity index (χ1) is 14.8. The molecule has 0 radical (unpaired) electrons. The number of aromatic nitrogens is 1. The molecule has 0 saturated heterocycles. The zero-order chi connectivity index (χ0) is 20.3. The van der Waals surface area contributed by atoms with Crippen LogP contribution >= 0.6 is 0 Å². The third-order valence-electron chi connectivity index (χ3n) is 5.13. The normalized spacial score (nSPS) is 17.8. The van der Waals surface area contributed by atoms with E-state index in [0.29, 0.717) is 29.4 Å². The van der Waals surface area contributed by atoms with Crippen LogP contribution in [-0.4, -0.2) is 22.8 Å². The lowest BCUT2D eigenvalue weighted by Crippen LogP contribution is -2.35. The van der Waals surface area contributed by atoms with Crippen LogP contribution in [0.4, 0.5) is 0 Å². The third kappa shape index (κ3) is 3.80. The Kier molecular flexibility index (Phi) is 4.95. The van der Waals surface area contributed by atoms with E-state index in [1.54, 1.807) is 0 Å². The van der Waals surface area contributed by atoms with Gasteiger partial charge in [0.1, 0.15) is 36.6 Å². The van der Waals surface area contributed by atoms with E-state index in [1.165, 1.54) is 0 Å². The molecule has 0 saturated carbocycles. The summed E-state index contributed by atoms with van der Waals surface area (Å²) in [4.78, 5) is 4.63. The van der Waals surface area contributed by atoms with Crippen molar-refractivity contribution in [2.45, 2.75) is 18.8 Å². The summed E-state index contributed by atoms with van der Waals surface area (Å²) in [6.07, 6.45) is -1.30. The number of rotatable bonds is 5. The molecule has 0 bridgehead atoms. The smallest absolute Gasteiger partial charge is 0.163 e. The van der Waals surface area contributed by atoms with Crippen molar-refractivity contribution < 1.29 is 19.3 Å². The number of hydrogen-bond donors (Lipinski definition) is 1. The molecular weight excluding hydrogens is 378 g/mol. The monoisotopic (exact) mass is 399 g/mol. The van der Waals surface area contributed by atoms with Gasteiger partial charge in [0.15, 0.2) is 6.10 Å². The summed E-state index contributed by atoms with van der Waals surface area (Å²) in [5.74, 6) is 1.99. The molecule has 0 fully saturated rings. The summed E-state index contributed by atoms with van der Waals surface area (Å²) in [7, 11) is 0. The molecule has 1 aliphatic rings. The first-order valence-electron chi connectivity index (χ1n) is 9.90. The van der Waals surface area contributed by atoms with Gasteiger partial charge in [-0.2, -0.15) is 0 Å². The summed E-state index contributed by atoms with van der Waals surface area (Å²) in [6, 6.07) is 26.9. The van der Waals surface area contributed by atoms with Crippen LogP contribution < -0.4 is 14.2 Å². The zero-order valence-electron chi connectivity index (χ0n) is 16.3. The second-order valence-corrected chi connectivity index (χ2v) is 7.21. The molecule has 5 nitrogen and oxygen atoms in total. The van der Waals surface area contributed by atoms with Crippen LogP contribution in [0.25, 0.3) is 10.9 Å². The number of para-hydroxylation sites is 2. The van der Waals surface area contributed by atoms with Crippen molar-refractivity contribution in [3.8, 4) is 17.2 Å². The van der Waals surface area contributed by atoms with Gasteiger partial charge in [0, 0.05) is 10.9 Å². The predicted octanol–water partition coefficient (Wildman–Crippen LogP) is 4.69. The number of pyridine rings is 1. The van der Waals surface area contributed by atoms with Crippen LogP contribution in [-0.2, 0) is 6.61 Å². The van der Waals surface area contributed by atoms with Gasteiger partial charge in [0.25, 0.3) is 0 Å². The molecule has 1 N–H and O–H groups in total. The molecule has 5 rings (SSSR count). The van der Waals surface area contributed by atoms with Crippen molar-refractivity contribution in [2.24, 2.45) is 0 Å². The highest BCUT2D eigenvalue weighted by Gasteiger charge is 2.31. The Morgan fingerprint density at radius 1 is 0.900 bits per heavy atom. The van der Waals surface area contributed by atoms with E-state index in [-0.39, 0.29) is 6.61 Å². The number of aliphatic hydroxyl groups excluding tert-OH is 1. The van der Waals surface area contributed by atoms with Gasteiger partial charge in [-0.1, -0.05) is 42.5 Å². The second kappa shape index (κ2) is 8.05. The van der Waals surface area contributed by atoms with Gasteiger partial charge in [-0.05, 0) is 42.5 Å². The lowest BCUT2D eigenvalue weighted by molar-refractivity contribution is -0.0104. The Bertz CT molecular complexity index is 1160. The lowest BCUT2D eigenvalue weighted by atomic mass is 10.0. The highest BCUT2D eigenvalue weighted by molar-refractivity contribution is 5.78. The maximum atomic E-state index is 10.8. The molecule has 0 aliphatic carbocycles. The first kappa shape index (κ1) is 18.5. The second-order valence-electron chi connectivity index (χ2n) is 7.21. The summed E-state index contributed by atoms with van der Waals surface area (Å²) >= 11 is 0. The standard InChI is InChI=1S/C25H21NO4/c27-25-21-14-20(28-15-18-11-10-17-6-4-5-9-22(17)26-18)12-13-23(21)29-16-24(25)30-19-7-2-1-3-8-19/h1-14,24-25,27H,15-16H2/t24-,25-/m1/s1. The van der Waals surface area contributed by atoms with Gasteiger partial charge in [0.2, 0.25) is 0 Å². The van der Waals surface area contributed by atoms with Crippen molar-refractivity contribution in [1.82, 2.24) is 4.98 Å². The van der Waals surface area contributed by atoms with Gasteiger partial charge in [-0.15, -0.1) is 0 Å². The van der Waals surface area contributed by atoms with E-state index in [9.17, 15) is 5.11 Å². The van der Waals surface area contributed by atoms with E-state index in [0.717, 1.165) is 16.6 Å². The van der Waals surface area contributed by atoms with Gasteiger partial charge < -0.3 is 19.3 Å². The summed E-state index contributed by atoms with van der Waals surface area (Å²) in [5.41, 5.74) is 2.44. The number of fused-ring (bicyclic) bond motifs is 2. The summed E-state index contributed by atoms with van der Waals surface area (Å²) in [6.45, 7) is 0.620. The Balaban J connectivity index is 1.30. The molecule has 1 aliphatic heterocycles. The van der Waals surface area contributed by atoms with E-state index in [2.05, 4.69) is 4.98 Å². The molecular formula is C25H21NO4. The fourth-order valence-corrected chi connectivity index (χ4v) is 3.56. The van der Waals surface area contributed by atoms with Crippen LogP contribution in [0.1, 0.15) is 17.4 Å². The highest BCUT2D eigenvalue weighted by Crippen LogP contribution is 2.36. The molecule has 2 atom stereocenters. The number of aliphatic hydroxyl groups is 1. The molecule has 2 heterocycles. The molecule has 0 unspecified atom stereocenters. The SMILES string of the molecule is O[C@@H]1c2cc(OCc3ccc4ccccc4n3)ccc2OC[C@H]1Oc1ccccc1. The molecule has 0 amide bonds. The Morgan fingerprint density at radius 3 is 2.63 bits per heavy atom. The molecule has 4 aromatic rings. The predicted molar refractivity (Wildman–Crippen MR) is 114 cm³/mol. The Morgan fingerprint density at radius 2 is 1.73 bits per heavy atom. The van der Waals surface area contributed by atoms with Crippen LogP contribution in [0.2, 0.25) is 0 Å². The summed E-state index contributed by atoms with van der Waals surface area (Å²) < 4.78 is 17.6. The van der Waals surface area contributed by atoms with E-state index in [4.69, 9.17) is 14.2 Å². The molecule has 1 aromatic heterocycles.